The highest BCUT2D eigenvalue weighted by Gasteiger charge is 2.30. The number of hydrogen-bond donors (Lipinski definition) is 2. The number of aliphatic hydroxyl groups is 1. The highest BCUT2D eigenvalue weighted by Crippen LogP contribution is 2.28. The number of aromatic nitrogens is 1. The van der Waals surface area contributed by atoms with Crippen LogP contribution in [-0.4, -0.2) is 46.6 Å². The summed E-state index contributed by atoms with van der Waals surface area (Å²) < 4.78 is 0. The zero-order valence-electron chi connectivity index (χ0n) is 12.9. The number of pyridine rings is 1. The number of likely N-dealkylation sites (N-methyl/N-ethyl adjacent to an activating group) is 1. The molecule has 21 heavy (non-hydrogen) atoms. The predicted molar refractivity (Wildman–Crippen MR) is 83.1 cm³/mol. The smallest absolute Gasteiger partial charge is 0.239 e. The number of aryl methyl sites for hydroxylation is 1. The third kappa shape index (κ3) is 5.10. The van der Waals surface area contributed by atoms with Gasteiger partial charge in [-0.25, -0.2) is 4.98 Å². The lowest BCUT2D eigenvalue weighted by Crippen LogP contribution is -2.45. The topological polar surface area (TPSA) is 65.5 Å². The Morgan fingerprint density at radius 1 is 1.38 bits per heavy atom. The highest BCUT2D eigenvalue weighted by atomic mass is 16.3. The summed E-state index contributed by atoms with van der Waals surface area (Å²) in [4.78, 5) is 18.1. The van der Waals surface area contributed by atoms with Gasteiger partial charge >= 0.3 is 0 Å². The number of carbonyl (C=O) groups is 1. The maximum absolute atomic E-state index is 12.0. The van der Waals surface area contributed by atoms with Crippen LogP contribution in [0, 0.1) is 6.92 Å². The van der Waals surface area contributed by atoms with Crippen LogP contribution in [0.5, 0.6) is 0 Å². The first-order valence-corrected chi connectivity index (χ1v) is 7.61. The molecule has 0 aromatic carbocycles. The second-order valence-electron chi connectivity index (χ2n) is 6.17. The summed E-state index contributed by atoms with van der Waals surface area (Å²) in [6, 6.07) is 5.53. The zero-order valence-corrected chi connectivity index (χ0v) is 12.9. The van der Waals surface area contributed by atoms with E-state index in [0.717, 1.165) is 31.4 Å². The van der Waals surface area contributed by atoms with Crippen LogP contribution in [0.25, 0.3) is 0 Å². The third-order valence-electron chi connectivity index (χ3n) is 3.92. The van der Waals surface area contributed by atoms with Crippen molar-refractivity contribution in [3.8, 4) is 0 Å². The second kappa shape index (κ2) is 7.00. The number of carbonyl (C=O) groups excluding carboxylic acids is 1. The van der Waals surface area contributed by atoms with Crippen molar-refractivity contribution in [3.63, 3.8) is 0 Å². The SMILES string of the molecule is Cc1cccc(NC(=O)CN(C)CC2(O)CCCCC2)n1. The molecule has 1 aliphatic rings. The van der Waals surface area contributed by atoms with E-state index in [1.165, 1.54) is 6.42 Å². The molecule has 1 amide bonds. The standard InChI is InChI=1S/C16H25N3O2/c1-13-7-6-8-14(17-13)18-15(20)11-19(2)12-16(21)9-4-3-5-10-16/h6-8,21H,3-5,9-12H2,1-2H3,(H,17,18,20). The van der Waals surface area contributed by atoms with Crippen molar-refractivity contribution in [1.82, 2.24) is 9.88 Å². The van der Waals surface area contributed by atoms with Gasteiger partial charge in [0.15, 0.2) is 0 Å². The molecule has 1 aliphatic carbocycles. The van der Waals surface area contributed by atoms with Gasteiger partial charge in [-0.2, -0.15) is 0 Å². The Morgan fingerprint density at radius 2 is 2.10 bits per heavy atom. The van der Waals surface area contributed by atoms with Gasteiger partial charge in [-0.05, 0) is 38.9 Å². The minimum absolute atomic E-state index is 0.102. The number of nitrogens with one attached hydrogen (secondary N) is 1. The number of hydrogen-bond acceptors (Lipinski definition) is 4. The Labute approximate surface area is 126 Å². The van der Waals surface area contributed by atoms with Crippen LogP contribution < -0.4 is 5.32 Å². The van der Waals surface area contributed by atoms with Crippen molar-refractivity contribution in [3.05, 3.63) is 23.9 Å². The summed E-state index contributed by atoms with van der Waals surface area (Å²) in [5.74, 6) is 0.472. The van der Waals surface area contributed by atoms with Crippen LogP contribution in [-0.2, 0) is 4.79 Å². The van der Waals surface area contributed by atoms with Gasteiger partial charge in [-0.3, -0.25) is 9.69 Å². The summed E-state index contributed by atoms with van der Waals surface area (Å²) in [6.45, 7) is 2.69. The quantitative estimate of drug-likeness (QED) is 0.870. The largest absolute Gasteiger partial charge is 0.389 e. The molecule has 5 heteroatoms. The first-order chi connectivity index (χ1) is 9.97. The maximum Gasteiger partial charge on any atom is 0.239 e. The number of nitrogens with zero attached hydrogens (tertiary/aromatic N) is 2. The first-order valence-electron chi connectivity index (χ1n) is 7.61. The summed E-state index contributed by atoms with van der Waals surface area (Å²) in [6.07, 6.45) is 5.01. The molecule has 1 fully saturated rings. The predicted octanol–water partition coefficient (Wildman–Crippen LogP) is 1.96. The summed E-state index contributed by atoms with van der Waals surface area (Å²) in [5, 5.41) is 13.3. The van der Waals surface area contributed by atoms with E-state index in [0.29, 0.717) is 12.4 Å². The third-order valence-corrected chi connectivity index (χ3v) is 3.92. The Balaban J connectivity index is 1.81. The molecule has 2 N–H and O–H groups in total. The zero-order chi connectivity index (χ0) is 15.3. The lowest BCUT2D eigenvalue weighted by molar-refractivity contribution is -0.118. The van der Waals surface area contributed by atoms with Crippen molar-refractivity contribution in [2.75, 3.05) is 25.5 Å². The summed E-state index contributed by atoms with van der Waals surface area (Å²) in [5.41, 5.74) is 0.243. The van der Waals surface area contributed by atoms with Gasteiger partial charge in [-0.1, -0.05) is 25.3 Å². The molecule has 1 aromatic heterocycles. The molecule has 1 saturated carbocycles. The lowest BCUT2D eigenvalue weighted by Gasteiger charge is -2.35. The molecule has 0 saturated heterocycles. The average Bonchev–Trinajstić information content (AvgIpc) is 2.38. The van der Waals surface area contributed by atoms with E-state index in [1.54, 1.807) is 6.07 Å². The molecule has 5 nitrogen and oxygen atoms in total. The lowest BCUT2D eigenvalue weighted by atomic mass is 9.84. The fourth-order valence-electron chi connectivity index (χ4n) is 2.97. The molecule has 0 unspecified atom stereocenters. The molecule has 0 bridgehead atoms. The maximum atomic E-state index is 12.0. The summed E-state index contributed by atoms with van der Waals surface area (Å²) in [7, 11) is 1.87. The van der Waals surface area contributed by atoms with E-state index in [-0.39, 0.29) is 12.5 Å². The molecule has 0 aliphatic heterocycles. The fraction of sp³-hybridized carbons (Fsp3) is 0.625. The highest BCUT2D eigenvalue weighted by molar-refractivity contribution is 5.91. The van der Waals surface area contributed by atoms with E-state index in [4.69, 9.17) is 0 Å². The molecular formula is C16H25N3O2. The van der Waals surface area contributed by atoms with Crippen molar-refractivity contribution >= 4 is 11.7 Å². The van der Waals surface area contributed by atoms with Crippen LogP contribution in [0.3, 0.4) is 0 Å². The van der Waals surface area contributed by atoms with E-state index in [9.17, 15) is 9.90 Å². The van der Waals surface area contributed by atoms with Crippen LogP contribution in [0.1, 0.15) is 37.8 Å². The molecule has 0 radical (unpaired) electrons. The van der Waals surface area contributed by atoms with Crippen molar-refractivity contribution in [1.29, 1.82) is 0 Å². The Kier molecular flexibility index (Phi) is 5.31. The Morgan fingerprint density at radius 3 is 2.76 bits per heavy atom. The summed E-state index contributed by atoms with van der Waals surface area (Å²) >= 11 is 0. The molecule has 0 atom stereocenters. The van der Waals surface area contributed by atoms with Gasteiger partial charge in [0.05, 0.1) is 12.1 Å². The normalized spacial score (nSPS) is 17.7. The van der Waals surface area contributed by atoms with Gasteiger partial charge in [0, 0.05) is 12.2 Å². The first kappa shape index (κ1) is 15.9. The van der Waals surface area contributed by atoms with E-state index < -0.39 is 5.60 Å². The molecular weight excluding hydrogens is 266 g/mol. The van der Waals surface area contributed by atoms with Gasteiger partial charge in [0.25, 0.3) is 0 Å². The number of rotatable bonds is 5. The van der Waals surface area contributed by atoms with Gasteiger partial charge in [0.2, 0.25) is 5.91 Å². The molecule has 1 aromatic rings. The van der Waals surface area contributed by atoms with Crippen molar-refractivity contribution in [2.45, 2.75) is 44.6 Å². The van der Waals surface area contributed by atoms with Crippen molar-refractivity contribution in [2.24, 2.45) is 0 Å². The number of anilines is 1. The molecule has 1 heterocycles. The van der Waals surface area contributed by atoms with E-state index in [1.807, 2.05) is 31.0 Å². The van der Waals surface area contributed by atoms with Gasteiger partial charge in [-0.15, -0.1) is 0 Å². The van der Waals surface area contributed by atoms with Gasteiger partial charge < -0.3 is 10.4 Å². The second-order valence-corrected chi connectivity index (χ2v) is 6.17. The van der Waals surface area contributed by atoms with Crippen LogP contribution in [0.2, 0.25) is 0 Å². The molecule has 116 valence electrons. The minimum Gasteiger partial charge on any atom is -0.389 e. The van der Waals surface area contributed by atoms with Crippen LogP contribution >= 0.6 is 0 Å². The van der Waals surface area contributed by atoms with Crippen molar-refractivity contribution < 1.29 is 9.90 Å². The van der Waals surface area contributed by atoms with Crippen LogP contribution in [0.4, 0.5) is 5.82 Å². The minimum atomic E-state index is -0.630. The molecule has 0 spiro atoms. The molecule has 2 rings (SSSR count). The van der Waals surface area contributed by atoms with E-state index >= 15 is 0 Å². The van der Waals surface area contributed by atoms with E-state index in [2.05, 4.69) is 10.3 Å². The fourth-order valence-corrected chi connectivity index (χ4v) is 2.97. The monoisotopic (exact) mass is 291 g/mol. The Bertz CT molecular complexity index is 484. The average molecular weight is 291 g/mol. The van der Waals surface area contributed by atoms with Gasteiger partial charge in [0.1, 0.15) is 5.82 Å². The Hall–Kier alpha value is -1.46. The van der Waals surface area contributed by atoms with Crippen LogP contribution in [0.15, 0.2) is 18.2 Å². The number of amides is 1.